The SMILES string of the molecule is c1ccc(-c2c[nH]c3c2ncc2[nH]c4ncccc4c23)cc1. The lowest BCUT2D eigenvalue weighted by Gasteiger charge is -1.99. The van der Waals surface area contributed by atoms with Crippen LogP contribution in [0.15, 0.2) is 61.1 Å². The van der Waals surface area contributed by atoms with Gasteiger partial charge in [0.15, 0.2) is 0 Å². The highest BCUT2D eigenvalue weighted by Crippen LogP contribution is 2.34. The first-order valence-corrected chi connectivity index (χ1v) is 7.20. The summed E-state index contributed by atoms with van der Waals surface area (Å²) in [6.45, 7) is 0. The van der Waals surface area contributed by atoms with Gasteiger partial charge in [0.1, 0.15) is 5.65 Å². The van der Waals surface area contributed by atoms with E-state index in [0.717, 1.165) is 38.5 Å². The predicted molar refractivity (Wildman–Crippen MR) is 88.7 cm³/mol. The molecule has 0 fully saturated rings. The van der Waals surface area contributed by atoms with E-state index in [9.17, 15) is 0 Å². The number of H-pyrrole nitrogens is 2. The Labute approximate surface area is 125 Å². The van der Waals surface area contributed by atoms with E-state index in [1.54, 1.807) is 6.20 Å². The summed E-state index contributed by atoms with van der Waals surface area (Å²) < 4.78 is 0. The van der Waals surface area contributed by atoms with Crippen LogP contribution >= 0.6 is 0 Å². The van der Waals surface area contributed by atoms with Crippen molar-refractivity contribution in [3.8, 4) is 11.1 Å². The Hall–Kier alpha value is -3.14. The average molecular weight is 284 g/mol. The zero-order valence-corrected chi connectivity index (χ0v) is 11.7. The zero-order chi connectivity index (χ0) is 14.5. The van der Waals surface area contributed by atoms with Gasteiger partial charge in [0.2, 0.25) is 0 Å². The van der Waals surface area contributed by atoms with Gasteiger partial charge in [-0.05, 0) is 17.7 Å². The molecule has 0 aliphatic rings. The van der Waals surface area contributed by atoms with Crippen molar-refractivity contribution in [3.05, 3.63) is 61.1 Å². The van der Waals surface area contributed by atoms with Crippen molar-refractivity contribution in [2.45, 2.75) is 0 Å². The van der Waals surface area contributed by atoms with Crippen LogP contribution < -0.4 is 0 Å². The van der Waals surface area contributed by atoms with Gasteiger partial charge in [0.25, 0.3) is 0 Å². The fourth-order valence-electron chi connectivity index (χ4n) is 3.12. The largest absolute Gasteiger partial charge is 0.359 e. The van der Waals surface area contributed by atoms with E-state index >= 15 is 0 Å². The van der Waals surface area contributed by atoms with Crippen LogP contribution in [0.4, 0.5) is 0 Å². The van der Waals surface area contributed by atoms with Gasteiger partial charge in [-0.3, -0.25) is 4.98 Å². The number of hydrogen-bond donors (Lipinski definition) is 2. The van der Waals surface area contributed by atoms with E-state index in [0.29, 0.717) is 0 Å². The van der Waals surface area contributed by atoms with E-state index < -0.39 is 0 Å². The Morgan fingerprint density at radius 2 is 1.82 bits per heavy atom. The van der Waals surface area contributed by atoms with Gasteiger partial charge < -0.3 is 9.97 Å². The van der Waals surface area contributed by atoms with Crippen molar-refractivity contribution in [2.24, 2.45) is 0 Å². The minimum absolute atomic E-state index is 0.891. The molecule has 4 heterocycles. The monoisotopic (exact) mass is 284 g/mol. The van der Waals surface area contributed by atoms with E-state index in [-0.39, 0.29) is 0 Å². The molecule has 0 spiro atoms. The second kappa shape index (κ2) is 4.18. The van der Waals surface area contributed by atoms with Crippen molar-refractivity contribution in [1.82, 2.24) is 19.9 Å². The molecular formula is C18H12N4. The van der Waals surface area contributed by atoms with Gasteiger partial charge in [0, 0.05) is 28.7 Å². The molecule has 0 amide bonds. The second-order valence-electron chi connectivity index (χ2n) is 5.36. The van der Waals surface area contributed by atoms with Gasteiger partial charge in [0.05, 0.1) is 22.7 Å². The molecule has 4 heteroatoms. The maximum Gasteiger partial charge on any atom is 0.138 e. The van der Waals surface area contributed by atoms with Crippen LogP contribution in [0, 0.1) is 0 Å². The van der Waals surface area contributed by atoms with Crippen molar-refractivity contribution in [3.63, 3.8) is 0 Å². The van der Waals surface area contributed by atoms with Crippen molar-refractivity contribution >= 4 is 33.0 Å². The van der Waals surface area contributed by atoms with Gasteiger partial charge >= 0.3 is 0 Å². The van der Waals surface area contributed by atoms with Crippen molar-refractivity contribution in [1.29, 1.82) is 0 Å². The Bertz CT molecular complexity index is 1120. The van der Waals surface area contributed by atoms with Crippen LogP contribution in [0.1, 0.15) is 0 Å². The predicted octanol–water partition coefficient (Wildman–Crippen LogP) is 4.26. The number of rotatable bonds is 1. The molecule has 5 rings (SSSR count). The third kappa shape index (κ3) is 1.46. The zero-order valence-electron chi connectivity index (χ0n) is 11.7. The molecule has 4 nitrogen and oxygen atoms in total. The fourth-order valence-corrected chi connectivity index (χ4v) is 3.12. The molecule has 0 saturated heterocycles. The highest BCUT2D eigenvalue weighted by molar-refractivity contribution is 6.19. The van der Waals surface area contributed by atoms with Crippen LogP contribution in [0.2, 0.25) is 0 Å². The summed E-state index contributed by atoms with van der Waals surface area (Å²) in [5, 5.41) is 2.27. The maximum absolute atomic E-state index is 4.65. The lowest BCUT2D eigenvalue weighted by Crippen LogP contribution is -1.80. The van der Waals surface area contributed by atoms with E-state index in [4.69, 9.17) is 0 Å². The first kappa shape index (κ1) is 11.5. The summed E-state index contributed by atoms with van der Waals surface area (Å²) in [6.07, 6.45) is 5.72. The fraction of sp³-hybridized carbons (Fsp3) is 0. The molecule has 2 N–H and O–H groups in total. The lowest BCUT2D eigenvalue weighted by molar-refractivity contribution is 1.34. The Morgan fingerprint density at radius 3 is 2.73 bits per heavy atom. The Kier molecular flexibility index (Phi) is 2.19. The Morgan fingerprint density at radius 1 is 0.909 bits per heavy atom. The molecule has 0 aliphatic heterocycles. The van der Waals surface area contributed by atoms with Crippen LogP contribution in [0.3, 0.4) is 0 Å². The average Bonchev–Trinajstić information content (AvgIpc) is 3.16. The molecule has 0 radical (unpaired) electrons. The van der Waals surface area contributed by atoms with Crippen molar-refractivity contribution < 1.29 is 0 Å². The van der Waals surface area contributed by atoms with E-state index in [1.807, 2.05) is 36.7 Å². The quantitative estimate of drug-likeness (QED) is 0.483. The molecule has 0 atom stereocenters. The number of fused-ring (bicyclic) bond motifs is 5. The number of nitrogens with zero attached hydrogens (tertiary/aromatic N) is 2. The van der Waals surface area contributed by atoms with Gasteiger partial charge in [-0.15, -0.1) is 0 Å². The highest BCUT2D eigenvalue weighted by Gasteiger charge is 2.14. The topological polar surface area (TPSA) is 57.4 Å². The molecule has 1 aromatic carbocycles. The number of pyridine rings is 2. The van der Waals surface area contributed by atoms with Gasteiger partial charge in [-0.1, -0.05) is 30.3 Å². The number of aromatic amines is 2. The van der Waals surface area contributed by atoms with Gasteiger partial charge in [-0.25, -0.2) is 4.98 Å². The third-order valence-corrected chi connectivity index (χ3v) is 4.11. The Balaban J connectivity index is 1.93. The normalized spacial score (nSPS) is 11.6. The van der Waals surface area contributed by atoms with Crippen LogP contribution in [0.5, 0.6) is 0 Å². The summed E-state index contributed by atoms with van der Waals surface area (Å²) in [4.78, 5) is 15.8. The minimum atomic E-state index is 0.891. The molecule has 4 aromatic heterocycles. The standard InChI is InChI=1S/C18H12N4/c1-2-5-11(6-3-1)13-9-20-17-15-12-7-4-8-19-18(12)22-14(15)10-21-16(13)17/h1-10,20H,(H,19,22). The molecule has 0 bridgehead atoms. The smallest absolute Gasteiger partial charge is 0.138 e. The van der Waals surface area contributed by atoms with Crippen molar-refractivity contribution in [2.75, 3.05) is 0 Å². The maximum atomic E-state index is 4.65. The summed E-state index contributed by atoms with van der Waals surface area (Å²) >= 11 is 0. The van der Waals surface area contributed by atoms with Crippen LogP contribution in [0.25, 0.3) is 44.1 Å². The lowest BCUT2D eigenvalue weighted by atomic mass is 10.1. The van der Waals surface area contributed by atoms with Gasteiger partial charge in [-0.2, -0.15) is 0 Å². The minimum Gasteiger partial charge on any atom is -0.359 e. The molecular weight excluding hydrogens is 272 g/mol. The van der Waals surface area contributed by atoms with Crippen LogP contribution in [-0.4, -0.2) is 19.9 Å². The number of hydrogen-bond acceptors (Lipinski definition) is 2. The van der Waals surface area contributed by atoms with E-state index in [2.05, 4.69) is 38.1 Å². The summed E-state index contributed by atoms with van der Waals surface area (Å²) in [5.41, 5.74) is 6.22. The first-order valence-electron chi connectivity index (χ1n) is 7.20. The number of benzene rings is 1. The molecule has 0 saturated carbocycles. The van der Waals surface area contributed by atoms with E-state index in [1.165, 1.54) is 5.56 Å². The molecule has 0 aliphatic carbocycles. The number of aromatic nitrogens is 4. The second-order valence-corrected chi connectivity index (χ2v) is 5.36. The molecule has 5 aromatic rings. The molecule has 22 heavy (non-hydrogen) atoms. The third-order valence-electron chi connectivity index (χ3n) is 4.11. The summed E-state index contributed by atoms with van der Waals surface area (Å²) in [6, 6.07) is 14.4. The first-order chi connectivity index (χ1) is 10.9. The number of nitrogens with one attached hydrogen (secondary N) is 2. The molecule has 104 valence electrons. The highest BCUT2D eigenvalue weighted by atomic mass is 14.9. The summed E-state index contributed by atoms with van der Waals surface area (Å²) in [5.74, 6) is 0. The molecule has 0 unspecified atom stereocenters. The summed E-state index contributed by atoms with van der Waals surface area (Å²) in [7, 11) is 0. The van der Waals surface area contributed by atoms with Crippen LogP contribution in [-0.2, 0) is 0 Å².